The minimum absolute atomic E-state index is 0.0420. The van der Waals surface area contributed by atoms with Crippen LogP contribution in [0, 0.1) is 5.92 Å². The highest BCUT2D eigenvalue weighted by atomic mass is 35.5. The molecule has 0 aromatic heterocycles. The van der Waals surface area contributed by atoms with Gasteiger partial charge in [0.15, 0.2) is 0 Å². The summed E-state index contributed by atoms with van der Waals surface area (Å²) in [5.74, 6) is 0.146. The Hall–Kier alpha value is -0.770. The van der Waals surface area contributed by atoms with Gasteiger partial charge in [0.2, 0.25) is 5.91 Å². The van der Waals surface area contributed by atoms with Crippen molar-refractivity contribution in [2.75, 3.05) is 14.1 Å². The summed E-state index contributed by atoms with van der Waals surface area (Å²) in [6.45, 7) is 3.94. The molecule has 1 aliphatic rings. The van der Waals surface area contributed by atoms with Crippen molar-refractivity contribution in [2.24, 2.45) is 5.92 Å². The average molecular weight is 343 g/mol. The Morgan fingerprint density at radius 1 is 1.27 bits per heavy atom. The Bertz CT molecular complexity index is 558. The molecule has 1 aliphatic carbocycles. The van der Waals surface area contributed by atoms with Crippen LogP contribution < -0.4 is 5.32 Å². The zero-order valence-corrected chi connectivity index (χ0v) is 15.1. The molecule has 3 nitrogen and oxygen atoms in total. The van der Waals surface area contributed by atoms with E-state index in [1.165, 1.54) is 0 Å². The maximum absolute atomic E-state index is 12.7. The number of hydrogen-bond acceptors (Lipinski definition) is 2. The molecule has 1 fully saturated rings. The normalized spacial score (nSPS) is 22.1. The molecular formula is C17H24Cl2N2O. The van der Waals surface area contributed by atoms with Crippen molar-refractivity contribution in [2.45, 2.75) is 44.7 Å². The van der Waals surface area contributed by atoms with Gasteiger partial charge in [-0.15, -0.1) is 0 Å². The SMILES string of the molecule is CN(C)[C@H]1CCC[C@@H]1C(=O)NC(C)(C)c1ccc(Cl)cc1Cl. The second kappa shape index (κ2) is 6.77. The minimum Gasteiger partial charge on any atom is -0.347 e. The lowest BCUT2D eigenvalue weighted by Gasteiger charge is -2.32. The lowest BCUT2D eigenvalue weighted by molar-refractivity contribution is -0.128. The highest BCUT2D eigenvalue weighted by Crippen LogP contribution is 2.33. The molecule has 1 saturated carbocycles. The minimum atomic E-state index is -0.530. The number of carbonyl (C=O) groups excluding carboxylic acids is 1. The fourth-order valence-electron chi connectivity index (χ4n) is 3.33. The molecule has 122 valence electrons. The number of nitrogens with zero attached hydrogens (tertiary/aromatic N) is 1. The highest BCUT2D eigenvalue weighted by molar-refractivity contribution is 6.35. The summed E-state index contributed by atoms with van der Waals surface area (Å²) >= 11 is 12.2. The van der Waals surface area contributed by atoms with Crippen LogP contribution in [-0.4, -0.2) is 30.9 Å². The van der Waals surface area contributed by atoms with Crippen LogP contribution in [-0.2, 0) is 10.3 Å². The fourth-order valence-corrected chi connectivity index (χ4v) is 3.97. The molecule has 0 bridgehead atoms. The third-order valence-electron chi connectivity index (χ3n) is 4.52. The Morgan fingerprint density at radius 2 is 1.95 bits per heavy atom. The van der Waals surface area contributed by atoms with E-state index in [-0.39, 0.29) is 11.8 Å². The third kappa shape index (κ3) is 3.76. The monoisotopic (exact) mass is 342 g/mol. The lowest BCUT2D eigenvalue weighted by atomic mass is 9.92. The molecule has 1 aromatic rings. The molecule has 22 heavy (non-hydrogen) atoms. The first-order valence-corrected chi connectivity index (χ1v) is 8.42. The largest absolute Gasteiger partial charge is 0.347 e. The van der Waals surface area contributed by atoms with Gasteiger partial charge in [-0.3, -0.25) is 4.79 Å². The molecular weight excluding hydrogens is 319 g/mol. The van der Waals surface area contributed by atoms with Gasteiger partial charge in [0.1, 0.15) is 0 Å². The van der Waals surface area contributed by atoms with E-state index in [0.29, 0.717) is 16.1 Å². The van der Waals surface area contributed by atoms with Crippen molar-refractivity contribution >= 4 is 29.1 Å². The molecule has 0 unspecified atom stereocenters. The molecule has 1 amide bonds. The Balaban J connectivity index is 2.15. The number of rotatable bonds is 4. The van der Waals surface area contributed by atoms with Crippen LogP contribution in [0.5, 0.6) is 0 Å². The van der Waals surface area contributed by atoms with Crippen LogP contribution >= 0.6 is 23.2 Å². The smallest absolute Gasteiger partial charge is 0.225 e. The van der Waals surface area contributed by atoms with E-state index in [0.717, 1.165) is 24.8 Å². The molecule has 0 spiro atoms. The predicted octanol–water partition coefficient (Wildman–Crippen LogP) is 4.08. The summed E-state index contributed by atoms with van der Waals surface area (Å²) in [5.41, 5.74) is 0.351. The number of carbonyl (C=O) groups is 1. The summed E-state index contributed by atoms with van der Waals surface area (Å²) in [4.78, 5) is 14.9. The van der Waals surface area contributed by atoms with Crippen molar-refractivity contribution < 1.29 is 4.79 Å². The summed E-state index contributed by atoms with van der Waals surface area (Å²) < 4.78 is 0. The predicted molar refractivity (Wildman–Crippen MR) is 92.4 cm³/mol. The van der Waals surface area contributed by atoms with E-state index in [4.69, 9.17) is 23.2 Å². The van der Waals surface area contributed by atoms with Gasteiger partial charge in [-0.05, 0) is 58.5 Å². The molecule has 0 saturated heterocycles. The Morgan fingerprint density at radius 3 is 2.55 bits per heavy atom. The van der Waals surface area contributed by atoms with E-state index < -0.39 is 5.54 Å². The van der Waals surface area contributed by atoms with E-state index in [1.54, 1.807) is 12.1 Å². The van der Waals surface area contributed by atoms with Crippen molar-refractivity contribution in [1.29, 1.82) is 0 Å². The number of benzene rings is 1. The van der Waals surface area contributed by atoms with E-state index in [1.807, 2.05) is 34.0 Å². The summed E-state index contributed by atoms with van der Waals surface area (Å²) in [7, 11) is 4.08. The van der Waals surface area contributed by atoms with Crippen LogP contribution in [0.25, 0.3) is 0 Å². The number of hydrogen-bond donors (Lipinski definition) is 1. The first-order chi connectivity index (χ1) is 10.2. The van der Waals surface area contributed by atoms with Crippen LogP contribution in [0.1, 0.15) is 38.7 Å². The maximum Gasteiger partial charge on any atom is 0.225 e. The zero-order chi connectivity index (χ0) is 16.5. The third-order valence-corrected chi connectivity index (χ3v) is 5.07. The second-order valence-electron chi connectivity index (χ2n) is 6.81. The Kier molecular flexibility index (Phi) is 5.41. The van der Waals surface area contributed by atoms with Gasteiger partial charge >= 0.3 is 0 Å². The topological polar surface area (TPSA) is 32.3 Å². The van der Waals surface area contributed by atoms with Crippen LogP contribution in [0.2, 0.25) is 10.0 Å². The zero-order valence-electron chi connectivity index (χ0n) is 13.6. The molecule has 5 heteroatoms. The quantitative estimate of drug-likeness (QED) is 0.894. The van der Waals surface area contributed by atoms with Crippen LogP contribution in [0.3, 0.4) is 0 Å². The van der Waals surface area contributed by atoms with Gasteiger partial charge in [0, 0.05) is 16.1 Å². The number of nitrogens with one attached hydrogen (secondary N) is 1. The van der Waals surface area contributed by atoms with E-state index in [9.17, 15) is 4.79 Å². The van der Waals surface area contributed by atoms with Crippen molar-refractivity contribution in [1.82, 2.24) is 10.2 Å². The van der Waals surface area contributed by atoms with Gasteiger partial charge in [-0.25, -0.2) is 0 Å². The first kappa shape index (κ1) is 17.6. The summed E-state index contributed by atoms with van der Waals surface area (Å²) in [5, 5.41) is 4.34. The van der Waals surface area contributed by atoms with Gasteiger partial charge < -0.3 is 10.2 Å². The molecule has 1 aromatic carbocycles. The van der Waals surface area contributed by atoms with Crippen molar-refractivity contribution in [3.63, 3.8) is 0 Å². The molecule has 0 aliphatic heterocycles. The Labute approximate surface area is 143 Å². The van der Waals surface area contributed by atoms with Gasteiger partial charge in [-0.2, -0.15) is 0 Å². The van der Waals surface area contributed by atoms with Gasteiger partial charge in [-0.1, -0.05) is 35.7 Å². The fraction of sp³-hybridized carbons (Fsp3) is 0.588. The highest BCUT2D eigenvalue weighted by Gasteiger charge is 2.37. The van der Waals surface area contributed by atoms with Crippen LogP contribution in [0.4, 0.5) is 0 Å². The number of halogens is 2. The molecule has 0 radical (unpaired) electrons. The van der Waals surface area contributed by atoms with Gasteiger partial charge in [0.25, 0.3) is 0 Å². The molecule has 2 atom stereocenters. The van der Waals surface area contributed by atoms with E-state index in [2.05, 4.69) is 10.2 Å². The average Bonchev–Trinajstić information content (AvgIpc) is 2.86. The van der Waals surface area contributed by atoms with Crippen molar-refractivity contribution in [3.8, 4) is 0 Å². The molecule has 0 heterocycles. The number of amides is 1. The first-order valence-electron chi connectivity index (χ1n) is 7.66. The molecule has 2 rings (SSSR count). The van der Waals surface area contributed by atoms with Gasteiger partial charge in [0.05, 0.1) is 11.5 Å². The summed E-state index contributed by atoms with van der Waals surface area (Å²) in [6.07, 6.45) is 3.12. The van der Waals surface area contributed by atoms with Crippen LogP contribution in [0.15, 0.2) is 18.2 Å². The lowest BCUT2D eigenvalue weighted by Crippen LogP contribution is -2.48. The van der Waals surface area contributed by atoms with Crippen molar-refractivity contribution in [3.05, 3.63) is 33.8 Å². The second-order valence-corrected chi connectivity index (χ2v) is 7.65. The maximum atomic E-state index is 12.7. The molecule has 1 N–H and O–H groups in total. The standard InChI is InChI=1S/C17H24Cl2N2O/c1-17(2,13-9-8-11(18)10-14(13)19)20-16(22)12-6-5-7-15(12)21(3)4/h8-10,12,15H,5-7H2,1-4H3,(H,20,22)/t12-,15-/m0/s1. The van der Waals surface area contributed by atoms with E-state index >= 15 is 0 Å². The summed E-state index contributed by atoms with van der Waals surface area (Å²) in [6, 6.07) is 5.71.